The number of rotatable bonds is 2. The zero-order valence-corrected chi connectivity index (χ0v) is 10.1. The van der Waals surface area contributed by atoms with Crippen molar-refractivity contribution in [1.29, 1.82) is 0 Å². The third-order valence-electron chi connectivity index (χ3n) is 3.08. The molecule has 3 rings (SSSR count). The molecule has 0 atom stereocenters. The summed E-state index contributed by atoms with van der Waals surface area (Å²) in [5.74, 6) is 0. The van der Waals surface area contributed by atoms with E-state index in [1.54, 1.807) is 17.0 Å². The second kappa shape index (κ2) is 4.14. The van der Waals surface area contributed by atoms with Crippen LogP contribution in [0.2, 0.25) is 0 Å². The molecule has 0 saturated carbocycles. The lowest BCUT2D eigenvalue weighted by Crippen LogP contribution is -2.21. The number of fused-ring (bicyclic) bond motifs is 1. The maximum atomic E-state index is 12.2. The lowest BCUT2D eigenvalue weighted by molar-refractivity contribution is 0.720. The molecule has 0 aliphatic carbocycles. The van der Waals surface area contributed by atoms with E-state index in [-0.39, 0.29) is 5.56 Å². The van der Waals surface area contributed by atoms with Gasteiger partial charge >= 0.3 is 0 Å². The van der Waals surface area contributed by atoms with Crippen LogP contribution in [0.4, 0.5) is 0 Å². The Labute approximate surface area is 104 Å². The summed E-state index contributed by atoms with van der Waals surface area (Å²) >= 11 is 0. The van der Waals surface area contributed by atoms with E-state index in [0.717, 1.165) is 16.5 Å². The molecule has 0 saturated heterocycles. The fraction of sp³-hybridized carbons (Fsp3) is 0.143. The van der Waals surface area contributed by atoms with Gasteiger partial charge in [-0.1, -0.05) is 6.07 Å². The summed E-state index contributed by atoms with van der Waals surface area (Å²) in [6.45, 7) is 2.60. The summed E-state index contributed by atoms with van der Waals surface area (Å²) in [5, 5.41) is 1.08. The van der Waals surface area contributed by atoms with E-state index in [9.17, 15) is 4.79 Å². The standard InChI is InChI=1S/C14H13N3O/c1-2-17-8-7-16-13(14(17)18)11-3-4-12-10(9-11)5-6-15-12/h3-9,15H,2H2,1H3. The molecule has 3 aromatic rings. The lowest BCUT2D eigenvalue weighted by atomic mass is 10.1. The van der Waals surface area contributed by atoms with Gasteiger partial charge in [0.15, 0.2) is 0 Å². The highest BCUT2D eigenvalue weighted by molar-refractivity contribution is 5.84. The molecule has 0 amide bonds. The van der Waals surface area contributed by atoms with Crippen molar-refractivity contribution in [3.63, 3.8) is 0 Å². The Kier molecular flexibility index (Phi) is 2.48. The van der Waals surface area contributed by atoms with Crippen molar-refractivity contribution in [2.24, 2.45) is 0 Å². The zero-order valence-electron chi connectivity index (χ0n) is 10.1. The van der Waals surface area contributed by atoms with E-state index in [2.05, 4.69) is 9.97 Å². The molecule has 4 nitrogen and oxygen atoms in total. The van der Waals surface area contributed by atoms with Crippen LogP contribution in [0.3, 0.4) is 0 Å². The first kappa shape index (κ1) is 10.8. The summed E-state index contributed by atoms with van der Waals surface area (Å²) in [5.41, 5.74) is 2.37. The van der Waals surface area contributed by atoms with Crippen molar-refractivity contribution in [1.82, 2.24) is 14.5 Å². The molecule has 1 N–H and O–H groups in total. The normalized spacial score (nSPS) is 10.9. The molecule has 18 heavy (non-hydrogen) atoms. The van der Waals surface area contributed by atoms with Crippen LogP contribution in [0.5, 0.6) is 0 Å². The van der Waals surface area contributed by atoms with Crippen molar-refractivity contribution in [3.8, 4) is 11.3 Å². The Hall–Kier alpha value is -2.36. The quantitative estimate of drug-likeness (QED) is 0.746. The molecule has 0 aliphatic heterocycles. The number of hydrogen-bond donors (Lipinski definition) is 1. The molecule has 0 unspecified atom stereocenters. The van der Waals surface area contributed by atoms with Crippen LogP contribution in [0, 0.1) is 0 Å². The van der Waals surface area contributed by atoms with Gasteiger partial charge in [-0.2, -0.15) is 0 Å². The summed E-state index contributed by atoms with van der Waals surface area (Å²) in [6.07, 6.45) is 5.26. The SMILES string of the molecule is CCn1ccnc(-c2ccc3[nH]ccc3c2)c1=O. The van der Waals surface area contributed by atoms with Crippen LogP contribution in [-0.2, 0) is 6.54 Å². The summed E-state index contributed by atoms with van der Waals surface area (Å²) in [7, 11) is 0. The van der Waals surface area contributed by atoms with Gasteiger partial charge in [0.2, 0.25) is 0 Å². The molecular weight excluding hydrogens is 226 g/mol. The van der Waals surface area contributed by atoms with E-state index in [4.69, 9.17) is 0 Å². The van der Waals surface area contributed by atoms with Gasteiger partial charge < -0.3 is 9.55 Å². The first-order valence-electron chi connectivity index (χ1n) is 5.92. The number of aromatic amines is 1. The van der Waals surface area contributed by atoms with Gasteiger partial charge in [0.25, 0.3) is 5.56 Å². The van der Waals surface area contributed by atoms with E-state index in [1.165, 1.54) is 0 Å². The number of nitrogens with one attached hydrogen (secondary N) is 1. The summed E-state index contributed by atoms with van der Waals surface area (Å²) in [4.78, 5) is 19.5. The minimum atomic E-state index is -0.0464. The molecule has 0 radical (unpaired) electrons. The topological polar surface area (TPSA) is 50.7 Å². The third-order valence-corrected chi connectivity index (χ3v) is 3.08. The number of nitrogens with zero attached hydrogens (tertiary/aromatic N) is 2. The van der Waals surface area contributed by atoms with Crippen molar-refractivity contribution >= 4 is 10.9 Å². The van der Waals surface area contributed by atoms with E-state index in [0.29, 0.717) is 12.2 Å². The highest BCUT2D eigenvalue weighted by Crippen LogP contribution is 2.19. The van der Waals surface area contributed by atoms with Gasteiger partial charge in [-0.3, -0.25) is 4.79 Å². The summed E-state index contributed by atoms with van der Waals surface area (Å²) in [6, 6.07) is 7.85. The highest BCUT2D eigenvalue weighted by atomic mass is 16.1. The van der Waals surface area contributed by atoms with Crippen LogP contribution in [0.25, 0.3) is 22.2 Å². The van der Waals surface area contributed by atoms with Crippen molar-refractivity contribution in [2.75, 3.05) is 0 Å². The van der Waals surface area contributed by atoms with Crippen LogP contribution in [-0.4, -0.2) is 14.5 Å². The van der Waals surface area contributed by atoms with E-state index >= 15 is 0 Å². The monoisotopic (exact) mass is 239 g/mol. The number of benzene rings is 1. The largest absolute Gasteiger partial charge is 0.361 e. The van der Waals surface area contributed by atoms with Crippen molar-refractivity contribution in [2.45, 2.75) is 13.5 Å². The van der Waals surface area contributed by atoms with Gasteiger partial charge in [0, 0.05) is 41.6 Å². The first-order valence-corrected chi connectivity index (χ1v) is 5.92. The smallest absolute Gasteiger partial charge is 0.277 e. The fourth-order valence-corrected chi connectivity index (χ4v) is 2.09. The Morgan fingerprint density at radius 1 is 1.33 bits per heavy atom. The van der Waals surface area contributed by atoms with Crippen LogP contribution >= 0.6 is 0 Å². The Bertz CT molecular complexity index is 755. The third kappa shape index (κ3) is 1.62. The number of aryl methyl sites for hydroxylation is 1. The predicted molar refractivity (Wildman–Crippen MR) is 71.5 cm³/mol. The maximum Gasteiger partial charge on any atom is 0.277 e. The predicted octanol–water partition coefficient (Wildman–Crippen LogP) is 2.41. The molecule has 90 valence electrons. The number of hydrogen-bond acceptors (Lipinski definition) is 2. The van der Waals surface area contributed by atoms with E-state index in [1.807, 2.05) is 37.4 Å². The minimum Gasteiger partial charge on any atom is -0.361 e. The van der Waals surface area contributed by atoms with Crippen molar-refractivity contribution in [3.05, 3.63) is 53.2 Å². The minimum absolute atomic E-state index is 0.0464. The molecule has 0 spiro atoms. The van der Waals surface area contributed by atoms with Gasteiger partial charge in [-0.25, -0.2) is 4.98 Å². The Morgan fingerprint density at radius 3 is 3.06 bits per heavy atom. The van der Waals surface area contributed by atoms with Gasteiger partial charge in [-0.15, -0.1) is 0 Å². The Balaban J connectivity index is 2.22. The highest BCUT2D eigenvalue weighted by Gasteiger charge is 2.07. The molecule has 2 aromatic heterocycles. The second-order valence-corrected chi connectivity index (χ2v) is 4.15. The van der Waals surface area contributed by atoms with Crippen molar-refractivity contribution < 1.29 is 0 Å². The lowest BCUT2D eigenvalue weighted by Gasteiger charge is -2.04. The van der Waals surface area contributed by atoms with Gasteiger partial charge in [-0.05, 0) is 25.1 Å². The summed E-state index contributed by atoms with van der Waals surface area (Å²) < 4.78 is 1.66. The Morgan fingerprint density at radius 2 is 2.22 bits per heavy atom. The molecule has 0 bridgehead atoms. The molecule has 4 heteroatoms. The number of aromatic nitrogens is 3. The molecule has 0 fully saturated rings. The molecular formula is C14H13N3O. The second-order valence-electron chi connectivity index (χ2n) is 4.15. The zero-order chi connectivity index (χ0) is 12.5. The fourth-order valence-electron chi connectivity index (χ4n) is 2.09. The van der Waals surface area contributed by atoms with Crippen LogP contribution in [0.1, 0.15) is 6.92 Å². The van der Waals surface area contributed by atoms with Gasteiger partial charge in [0.05, 0.1) is 0 Å². The average Bonchev–Trinajstić information content (AvgIpc) is 2.86. The molecule has 0 aliphatic rings. The van der Waals surface area contributed by atoms with Crippen LogP contribution < -0.4 is 5.56 Å². The molecule has 1 aromatic carbocycles. The number of H-pyrrole nitrogens is 1. The first-order chi connectivity index (χ1) is 8.79. The van der Waals surface area contributed by atoms with Gasteiger partial charge in [0.1, 0.15) is 5.69 Å². The maximum absolute atomic E-state index is 12.2. The molecule has 2 heterocycles. The van der Waals surface area contributed by atoms with E-state index < -0.39 is 0 Å². The van der Waals surface area contributed by atoms with Crippen LogP contribution in [0.15, 0.2) is 47.7 Å². The average molecular weight is 239 g/mol.